The van der Waals surface area contributed by atoms with Gasteiger partial charge in [0.2, 0.25) is 11.9 Å². The van der Waals surface area contributed by atoms with Crippen molar-refractivity contribution in [3.8, 4) is 11.1 Å². The Hall–Kier alpha value is -3.78. The molecule has 0 saturated heterocycles. The van der Waals surface area contributed by atoms with Crippen LogP contribution in [0.1, 0.15) is 15.2 Å². The molecule has 0 unspecified atom stereocenters. The lowest BCUT2D eigenvalue weighted by molar-refractivity contribution is -0.122. The summed E-state index contributed by atoms with van der Waals surface area (Å²) in [7, 11) is 0. The van der Waals surface area contributed by atoms with E-state index in [4.69, 9.17) is 0 Å². The molecule has 2 aromatic carbocycles. The maximum absolute atomic E-state index is 12.7. The molecule has 0 spiro atoms. The lowest BCUT2D eigenvalue weighted by Gasteiger charge is -2.05. The van der Waals surface area contributed by atoms with E-state index in [1.54, 1.807) is 0 Å². The van der Waals surface area contributed by atoms with E-state index in [1.165, 1.54) is 22.3 Å². The Kier molecular flexibility index (Phi) is 5.95. The molecular formula is C22H19N5O2S. The lowest BCUT2D eigenvalue weighted by Crippen LogP contribution is -2.27. The average molecular weight is 417 g/mol. The van der Waals surface area contributed by atoms with Crippen LogP contribution in [0, 0.1) is 0 Å². The molecule has 150 valence electrons. The Morgan fingerprint density at radius 2 is 1.70 bits per heavy atom. The van der Waals surface area contributed by atoms with Crippen molar-refractivity contribution < 1.29 is 9.59 Å². The number of amides is 2. The van der Waals surface area contributed by atoms with Crippen LogP contribution in [0.5, 0.6) is 0 Å². The first-order chi connectivity index (χ1) is 14.7. The highest BCUT2D eigenvalue weighted by Gasteiger charge is 2.16. The van der Waals surface area contributed by atoms with Gasteiger partial charge >= 0.3 is 0 Å². The number of hydrogen-bond acceptors (Lipinski definition) is 5. The second-order valence-corrected chi connectivity index (χ2v) is 7.43. The third-order valence-electron chi connectivity index (χ3n) is 4.36. The number of carbonyl (C=O) groups is 2. The highest BCUT2D eigenvalue weighted by molar-refractivity contribution is 7.12. The minimum absolute atomic E-state index is 0.0178. The van der Waals surface area contributed by atoms with E-state index in [0.717, 1.165) is 16.7 Å². The van der Waals surface area contributed by atoms with Crippen molar-refractivity contribution in [1.82, 2.24) is 20.1 Å². The summed E-state index contributed by atoms with van der Waals surface area (Å²) in [5.41, 5.74) is 2.85. The predicted octanol–water partition coefficient (Wildman–Crippen LogP) is 3.58. The van der Waals surface area contributed by atoms with Crippen LogP contribution in [-0.2, 0) is 17.9 Å². The van der Waals surface area contributed by atoms with Crippen molar-refractivity contribution in [3.63, 3.8) is 0 Å². The van der Waals surface area contributed by atoms with Crippen molar-refractivity contribution in [2.24, 2.45) is 0 Å². The number of aromatic nitrogens is 3. The molecule has 2 aromatic heterocycles. The minimum atomic E-state index is -0.282. The summed E-state index contributed by atoms with van der Waals surface area (Å²) < 4.78 is 1.39. The van der Waals surface area contributed by atoms with Crippen molar-refractivity contribution in [2.75, 3.05) is 5.32 Å². The van der Waals surface area contributed by atoms with Gasteiger partial charge in [-0.2, -0.15) is 0 Å². The molecular weight excluding hydrogens is 398 g/mol. The third kappa shape index (κ3) is 4.79. The lowest BCUT2D eigenvalue weighted by atomic mass is 10.1. The molecule has 0 aliphatic rings. The number of benzene rings is 2. The highest BCUT2D eigenvalue weighted by Crippen LogP contribution is 2.28. The fourth-order valence-electron chi connectivity index (χ4n) is 2.92. The summed E-state index contributed by atoms with van der Waals surface area (Å²) in [6.07, 6.45) is 1.42. The van der Waals surface area contributed by atoms with Crippen LogP contribution in [0.4, 0.5) is 5.95 Å². The second kappa shape index (κ2) is 9.15. The number of thiophene rings is 1. The van der Waals surface area contributed by atoms with Gasteiger partial charge in [-0.1, -0.05) is 60.7 Å². The third-order valence-corrected chi connectivity index (χ3v) is 5.27. The van der Waals surface area contributed by atoms with Gasteiger partial charge in [-0.3, -0.25) is 14.9 Å². The molecule has 0 atom stereocenters. The van der Waals surface area contributed by atoms with E-state index < -0.39 is 0 Å². The summed E-state index contributed by atoms with van der Waals surface area (Å²) in [6, 6.07) is 21.3. The normalized spacial score (nSPS) is 10.5. The van der Waals surface area contributed by atoms with E-state index in [-0.39, 0.29) is 24.3 Å². The van der Waals surface area contributed by atoms with Crippen LogP contribution in [0.25, 0.3) is 11.1 Å². The zero-order valence-corrected chi connectivity index (χ0v) is 16.8. The Bertz CT molecular complexity index is 1140. The van der Waals surface area contributed by atoms with Crippen molar-refractivity contribution in [1.29, 1.82) is 0 Å². The van der Waals surface area contributed by atoms with Crippen molar-refractivity contribution in [3.05, 3.63) is 88.9 Å². The first-order valence-corrected chi connectivity index (χ1v) is 10.2. The smallest absolute Gasteiger partial charge is 0.268 e. The number of nitrogens with zero attached hydrogens (tertiary/aromatic N) is 3. The quantitative estimate of drug-likeness (QED) is 0.481. The summed E-state index contributed by atoms with van der Waals surface area (Å²) in [5, 5.41) is 11.6. The van der Waals surface area contributed by atoms with Gasteiger partial charge in [-0.15, -0.1) is 16.4 Å². The van der Waals surface area contributed by atoms with Gasteiger partial charge < -0.3 is 5.32 Å². The first kappa shape index (κ1) is 19.5. The van der Waals surface area contributed by atoms with Crippen LogP contribution in [0.2, 0.25) is 0 Å². The molecule has 0 aliphatic carbocycles. The van der Waals surface area contributed by atoms with Gasteiger partial charge in [-0.25, -0.2) is 9.67 Å². The molecule has 7 nitrogen and oxygen atoms in total. The Balaban J connectivity index is 1.35. The maximum atomic E-state index is 12.7. The van der Waals surface area contributed by atoms with Gasteiger partial charge in [0, 0.05) is 12.1 Å². The number of hydrogen-bond donors (Lipinski definition) is 2. The minimum Gasteiger partial charge on any atom is -0.350 e. The number of nitrogens with one attached hydrogen (secondary N) is 2. The summed E-state index contributed by atoms with van der Waals surface area (Å²) in [6.45, 7) is 0.461. The first-order valence-electron chi connectivity index (χ1n) is 9.33. The van der Waals surface area contributed by atoms with Crippen LogP contribution in [0.3, 0.4) is 0 Å². The summed E-state index contributed by atoms with van der Waals surface area (Å²) in [4.78, 5) is 29.5. The molecule has 8 heteroatoms. The van der Waals surface area contributed by atoms with E-state index in [2.05, 4.69) is 20.7 Å². The molecule has 30 heavy (non-hydrogen) atoms. The van der Waals surface area contributed by atoms with Gasteiger partial charge in [0.1, 0.15) is 17.7 Å². The molecule has 0 radical (unpaired) electrons. The van der Waals surface area contributed by atoms with Gasteiger partial charge in [0.25, 0.3) is 5.91 Å². The molecule has 4 rings (SSSR count). The predicted molar refractivity (Wildman–Crippen MR) is 116 cm³/mol. The van der Waals surface area contributed by atoms with Crippen LogP contribution >= 0.6 is 11.3 Å². The number of carbonyl (C=O) groups excluding carboxylic acids is 2. The van der Waals surface area contributed by atoms with Crippen LogP contribution in [-0.4, -0.2) is 26.6 Å². The van der Waals surface area contributed by atoms with Gasteiger partial charge in [-0.05, 0) is 22.6 Å². The number of rotatable bonds is 7. The second-order valence-electron chi connectivity index (χ2n) is 6.51. The molecule has 0 fully saturated rings. The fourth-order valence-corrected chi connectivity index (χ4v) is 3.73. The zero-order valence-electron chi connectivity index (χ0n) is 16.0. The molecule has 2 N–H and O–H groups in total. The Labute approximate surface area is 177 Å². The zero-order chi connectivity index (χ0) is 20.8. The van der Waals surface area contributed by atoms with Crippen LogP contribution in [0.15, 0.2) is 78.4 Å². The SMILES string of the molecule is O=C(Cn1cnc(NC(=O)c2sccc2-c2ccccc2)n1)NCc1ccccc1. The van der Waals surface area contributed by atoms with E-state index in [9.17, 15) is 9.59 Å². The molecule has 2 heterocycles. The van der Waals surface area contributed by atoms with Crippen molar-refractivity contribution >= 4 is 29.1 Å². The van der Waals surface area contributed by atoms with Crippen LogP contribution < -0.4 is 10.6 Å². The summed E-state index contributed by atoms with van der Waals surface area (Å²) >= 11 is 1.36. The fraction of sp³-hybridized carbons (Fsp3) is 0.0909. The Morgan fingerprint density at radius 3 is 2.47 bits per heavy atom. The Morgan fingerprint density at radius 1 is 0.967 bits per heavy atom. The maximum Gasteiger partial charge on any atom is 0.268 e. The summed E-state index contributed by atoms with van der Waals surface area (Å²) in [5.74, 6) is -0.315. The highest BCUT2D eigenvalue weighted by atomic mass is 32.1. The topological polar surface area (TPSA) is 88.9 Å². The monoisotopic (exact) mass is 417 g/mol. The van der Waals surface area contributed by atoms with Crippen molar-refractivity contribution in [2.45, 2.75) is 13.1 Å². The molecule has 0 bridgehead atoms. The molecule has 2 amide bonds. The van der Waals surface area contributed by atoms with E-state index in [0.29, 0.717) is 11.4 Å². The van der Waals surface area contributed by atoms with Gasteiger partial charge in [0.15, 0.2) is 0 Å². The largest absolute Gasteiger partial charge is 0.350 e. The van der Waals surface area contributed by atoms with Gasteiger partial charge in [0.05, 0.1) is 0 Å². The standard InChI is InChI=1S/C22H19N5O2S/c28-19(23-13-16-7-3-1-4-8-16)14-27-15-24-22(26-27)25-21(29)20-18(11-12-30-20)17-9-5-2-6-10-17/h1-12,15H,13-14H2,(H,23,28)(H,25,26,29). The van der Waals surface area contributed by atoms with E-state index >= 15 is 0 Å². The molecule has 4 aromatic rings. The molecule has 0 aliphatic heterocycles. The van der Waals surface area contributed by atoms with E-state index in [1.807, 2.05) is 72.1 Å². The number of anilines is 1. The average Bonchev–Trinajstić information content (AvgIpc) is 3.43. The molecule has 0 saturated carbocycles.